The Balaban J connectivity index is 0.00000140. The number of nitrogens with one attached hydrogen (secondary N) is 1. The Morgan fingerprint density at radius 2 is 1.89 bits per heavy atom. The van der Waals surface area contributed by atoms with E-state index in [-0.39, 0.29) is 43.6 Å². The first-order valence-electron chi connectivity index (χ1n) is 8.29. The van der Waals surface area contributed by atoms with Crippen molar-refractivity contribution in [3.05, 3.63) is 35.7 Å². The fraction of sp³-hybridized carbons (Fsp3) is 0.278. The zero-order valence-corrected chi connectivity index (χ0v) is 17.2. The van der Waals surface area contributed by atoms with Crippen LogP contribution in [0.4, 0.5) is 11.4 Å². The zero-order chi connectivity index (χ0) is 18.4. The molecule has 0 radical (unpaired) electrons. The number of aromatic nitrogens is 3. The molecule has 1 aromatic carbocycles. The Morgan fingerprint density at radius 1 is 1.21 bits per heavy atom. The molecule has 1 aliphatic rings. The minimum atomic E-state index is -0.292. The zero-order valence-electron chi connectivity index (χ0n) is 15.6. The van der Waals surface area contributed by atoms with E-state index in [1.165, 1.54) is 0 Å². The number of carbonyl (C=O) groups is 1. The largest absolute Gasteiger partial charge is 0.454 e. The van der Waals surface area contributed by atoms with E-state index >= 15 is 0 Å². The number of rotatable bonds is 3. The van der Waals surface area contributed by atoms with Crippen LogP contribution in [0, 0.1) is 6.92 Å². The molecular weight excluding hydrogens is 405 g/mol. The number of anilines is 2. The van der Waals surface area contributed by atoms with Gasteiger partial charge < -0.3 is 20.5 Å². The Bertz CT molecular complexity index is 1040. The molecule has 0 spiro atoms. The molecule has 1 aliphatic heterocycles. The van der Waals surface area contributed by atoms with Gasteiger partial charge in [-0.15, -0.1) is 24.8 Å². The maximum atomic E-state index is 12.8. The summed E-state index contributed by atoms with van der Waals surface area (Å²) in [6, 6.07) is 5.28. The lowest BCUT2D eigenvalue weighted by Crippen LogP contribution is -2.15. The van der Waals surface area contributed by atoms with Crippen LogP contribution in [-0.2, 0) is 0 Å². The number of ether oxygens (including phenoxy) is 2. The van der Waals surface area contributed by atoms with Crippen molar-refractivity contribution in [3.8, 4) is 11.5 Å². The summed E-state index contributed by atoms with van der Waals surface area (Å²) in [4.78, 5) is 17.3. The van der Waals surface area contributed by atoms with Crippen molar-refractivity contribution in [2.24, 2.45) is 0 Å². The molecule has 0 saturated carbocycles. The molecule has 1 amide bonds. The van der Waals surface area contributed by atoms with E-state index in [2.05, 4.69) is 15.4 Å². The van der Waals surface area contributed by atoms with Gasteiger partial charge in [0.2, 0.25) is 6.79 Å². The highest BCUT2D eigenvalue weighted by Gasteiger charge is 2.19. The fourth-order valence-corrected chi connectivity index (χ4v) is 2.93. The summed E-state index contributed by atoms with van der Waals surface area (Å²) >= 11 is 0. The fourth-order valence-electron chi connectivity index (χ4n) is 2.93. The standard InChI is InChI=1S/C18H19N5O3.2ClH/c1-9(2)23-17-11(7-20-23)4-12(10(3)21-17)18(24)22-14-6-16-15(5-13(14)19)25-8-26-16;;/h4-7,9H,8,19H2,1-3H3,(H,22,24);2*1H. The van der Waals surface area contributed by atoms with Crippen molar-refractivity contribution in [3.63, 3.8) is 0 Å². The first kappa shape index (κ1) is 21.6. The summed E-state index contributed by atoms with van der Waals surface area (Å²) in [5, 5.41) is 7.98. The lowest BCUT2D eigenvalue weighted by Gasteiger charge is -2.11. The minimum Gasteiger partial charge on any atom is -0.454 e. The summed E-state index contributed by atoms with van der Waals surface area (Å²) in [5.41, 5.74) is 8.73. The number of benzene rings is 1. The Hall–Kier alpha value is -2.71. The number of pyridine rings is 1. The smallest absolute Gasteiger partial charge is 0.257 e. The number of hydrogen-bond donors (Lipinski definition) is 2. The number of hydrogen-bond acceptors (Lipinski definition) is 6. The second-order valence-electron chi connectivity index (χ2n) is 6.46. The molecule has 2 aromatic heterocycles. The van der Waals surface area contributed by atoms with Crippen LogP contribution in [0.5, 0.6) is 11.5 Å². The van der Waals surface area contributed by atoms with Crippen LogP contribution >= 0.6 is 24.8 Å². The summed E-state index contributed by atoms with van der Waals surface area (Å²) in [6.45, 7) is 6.01. The predicted octanol–water partition coefficient (Wildman–Crippen LogP) is 3.73. The van der Waals surface area contributed by atoms with Crippen LogP contribution in [0.3, 0.4) is 0 Å². The van der Waals surface area contributed by atoms with Gasteiger partial charge in [0, 0.05) is 23.6 Å². The van der Waals surface area contributed by atoms with Crippen molar-refractivity contribution in [2.75, 3.05) is 17.8 Å². The average molecular weight is 426 g/mol. The Kier molecular flexibility index (Phi) is 6.26. The van der Waals surface area contributed by atoms with Gasteiger partial charge in [-0.1, -0.05) is 0 Å². The number of nitrogen functional groups attached to an aromatic ring is 1. The number of nitrogens with zero attached hydrogens (tertiary/aromatic N) is 3. The molecule has 0 aliphatic carbocycles. The van der Waals surface area contributed by atoms with Crippen LogP contribution in [0.1, 0.15) is 35.9 Å². The minimum absolute atomic E-state index is 0. The van der Waals surface area contributed by atoms with Gasteiger partial charge in [-0.25, -0.2) is 9.67 Å². The van der Waals surface area contributed by atoms with Crippen molar-refractivity contribution in [1.29, 1.82) is 0 Å². The summed E-state index contributed by atoms with van der Waals surface area (Å²) in [5.74, 6) is 0.832. The molecule has 10 heteroatoms. The Labute approximate surface area is 174 Å². The van der Waals surface area contributed by atoms with Crippen molar-refractivity contribution in [1.82, 2.24) is 14.8 Å². The molecule has 8 nitrogen and oxygen atoms in total. The quantitative estimate of drug-likeness (QED) is 0.619. The van der Waals surface area contributed by atoms with E-state index < -0.39 is 0 Å². The lowest BCUT2D eigenvalue weighted by molar-refractivity contribution is 0.102. The summed E-state index contributed by atoms with van der Waals surface area (Å²) in [6.07, 6.45) is 1.72. The molecule has 0 unspecified atom stereocenters. The summed E-state index contributed by atoms with van der Waals surface area (Å²) in [7, 11) is 0. The molecule has 150 valence electrons. The number of aryl methyl sites for hydroxylation is 1. The molecular formula is C18H21Cl2N5O3. The normalized spacial score (nSPS) is 11.9. The maximum Gasteiger partial charge on any atom is 0.257 e. The van der Waals surface area contributed by atoms with Gasteiger partial charge in [0.1, 0.15) is 0 Å². The molecule has 0 atom stereocenters. The molecule has 3 heterocycles. The van der Waals surface area contributed by atoms with Gasteiger partial charge in [-0.05, 0) is 26.8 Å². The van der Waals surface area contributed by atoms with Crippen molar-refractivity contribution in [2.45, 2.75) is 26.8 Å². The Morgan fingerprint density at radius 3 is 2.57 bits per heavy atom. The third kappa shape index (κ3) is 3.65. The highest BCUT2D eigenvalue weighted by Crippen LogP contribution is 2.38. The number of amides is 1. The predicted molar refractivity (Wildman–Crippen MR) is 112 cm³/mol. The highest BCUT2D eigenvalue weighted by molar-refractivity contribution is 6.08. The molecule has 4 rings (SSSR count). The van der Waals surface area contributed by atoms with Crippen LogP contribution in [-0.4, -0.2) is 27.5 Å². The maximum absolute atomic E-state index is 12.8. The second-order valence-corrected chi connectivity index (χ2v) is 6.46. The molecule has 0 fully saturated rings. The number of carbonyl (C=O) groups excluding carboxylic acids is 1. The molecule has 3 N–H and O–H groups in total. The van der Waals surface area contributed by atoms with Gasteiger partial charge in [0.25, 0.3) is 5.91 Å². The van der Waals surface area contributed by atoms with Crippen molar-refractivity contribution < 1.29 is 14.3 Å². The van der Waals surface area contributed by atoms with E-state index in [0.29, 0.717) is 34.1 Å². The first-order chi connectivity index (χ1) is 12.4. The molecule has 0 saturated heterocycles. The monoisotopic (exact) mass is 425 g/mol. The van der Waals surface area contributed by atoms with Gasteiger partial charge >= 0.3 is 0 Å². The van der Waals surface area contributed by atoms with Crippen LogP contribution < -0.4 is 20.5 Å². The number of fused-ring (bicyclic) bond motifs is 2. The topological polar surface area (TPSA) is 104 Å². The van der Waals surface area contributed by atoms with E-state index in [4.69, 9.17) is 15.2 Å². The van der Waals surface area contributed by atoms with E-state index in [1.54, 1.807) is 31.3 Å². The third-order valence-corrected chi connectivity index (χ3v) is 4.29. The average Bonchev–Trinajstić information content (AvgIpc) is 3.20. The van der Waals surface area contributed by atoms with Crippen molar-refractivity contribution >= 4 is 53.1 Å². The SMILES string of the molecule is Cc1nc2c(cnn2C(C)C)cc1C(=O)Nc1cc2c(cc1N)OCO2.Cl.Cl. The molecule has 28 heavy (non-hydrogen) atoms. The lowest BCUT2D eigenvalue weighted by atomic mass is 10.1. The van der Waals surface area contributed by atoms with Crippen LogP contribution in [0.25, 0.3) is 11.0 Å². The van der Waals surface area contributed by atoms with Gasteiger partial charge in [0.05, 0.1) is 28.8 Å². The molecule has 0 bridgehead atoms. The first-order valence-corrected chi connectivity index (χ1v) is 8.29. The van der Waals surface area contributed by atoms with E-state index in [0.717, 1.165) is 11.0 Å². The number of halogens is 2. The third-order valence-electron chi connectivity index (χ3n) is 4.29. The van der Waals surface area contributed by atoms with E-state index in [1.807, 2.05) is 18.5 Å². The summed E-state index contributed by atoms with van der Waals surface area (Å²) < 4.78 is 12.4. The second kappa shape index (κ2) is 8.12. The van der Waals surface area contributed by atoms with Gasteiger partial charge in [0.15, 0.2) is 17.1 Å². The van der Waals surface area contributed by atoms with Gasteiger partial charge in [-0.3, -0.25) is 4.79 Å². The van der Waals surface area contributed by atoms with Gasteiger partial charge in [-0.2, -0.15) is 5.10 Å². The van der Waals surface area contributed by atoms with Crippen LogP contribution in [0.2, 0.25) is 0 Å². The number of nitrogens with two attached hydrogens (primary N) is 1. The van der Waals surface area contributed by atoms with E-state index in [9.17, 15) is 4.79 Å². The highest BCUT2D eigenvalue weighted by atomic mass is 35.5. The van der Waals surface area contributed by atoms with Crippen LogP contribution in [0.15, 0.2) is 24.4 Å². The molecule has 3 aromatic rings.